The Balaban J connectivity index is 1.29. The van der Waals surface area contributed by atoms with Gasteiger partial charge in [-0.2, -0.15) is 0 Å². The quantitative estimate of drug-likeness (QED) is 0.693. The van der Waals surface area contributed by atoms with E-state index >= 15 is 0 Å². The Morgan fingerprint density at radius 3 is 2.43 bits per heavy atom. The molecule has 0 spiro atoms. The number of nitrogens with one attached hydrogen (secondary N) is 2. The predicted octanol–water partition coefficient (Wildman–Crippen LogP) is 1.84. The van der Waals surface area contributed by atoms with E-state index < -0.39 is 0 Å². The number of urea groups is 1. The minimum Gasteiger partial charge on any atom is -0.339 e. The molecular weight excluding hydrogens is 380 g/mol. The average molecular weight is 411 g/mol. The van der Waals surface area contributed by atoms with Gasteiger partial charge in [0, 0.05) is 57.6 Å². The molecule has 30 heavy (non-hydrogen) atoms. The Kier molecular flexibility index (Phi) is 8.00. The van der Waals surface area contributed by atoms with Crippen LogP contribution in [0.1, 0.15) is 25.3 Å². The Bertz CT molecular complexity index is 794. The van der Waals surface area contributed by atoms with Crippen molar-refractivity contribution in [1.82, 2.24) is 25.5 Å². The summed E-state index contributed by atoms with van der Waals surface area (Å²) in [6.07, 6.45) is 5.53. The lowest BCUT2D eigenvalue weighted by molar-refractivity contribution is -0.131. The SMILES string of the molecule is CC(CCc1ccccc1)NC(=O)NCCC(=O)N1CCN(c2ncccn2)CC1. The number of aromatic nitrogens is 2. The third-order valence-electron chi connectivity index (χ3n) is 5.18. The fraction of sp³-hybridized carbons (Fsp3) is 0.455. The van der Waals surface area contributed by atoms with Crippen LogP contribution in [0.3, 0.4) is 0 Å². The van der Waals surface area contributed by atoms with Crippen molar-refractivity contribution < 1.29 is 9.59 Å². The van der Waals surface area contributed by atoms with E-state index in [9.17, 15) is 9.59 Å². The number of carbonyl (C=O) groups excluding carboxylic acids is 2. The van der Waals surface area contributed by atoms with Crippen molar-refractivity contribution in [2.45, 2.75) is 32.2 Å². The second-order valence-electron chi connectivity index (χ2n) is 7.49. The Morgan fingerprint density at radius 1 is 1.03 bits per heavy atom. The predicted molar refractivity (Wildman–Crippen MR) is 116 cm³/mol. The highest BCUT2D eigenvalue weighted by Crippen LogP contribution is 2.10. The van der Waals surface area contributed by atoms with Crippen LogP contribution >= 0.6 is 0 Å². The van der Waals surface area contributed by atoms with Crippen molar-refractivity contribution in [3.05, 3.63) is 54.4 Å². The number of piperazine rings is 1. The van der Waals surface area contributed by atoms with Gasteiger partial charge in [-0.05, 0) is 31.4 Å². The monoisotopic (exact) mass is 410 g/mol. The van der Waals surface area contributed by atoms with Crippen LogP contribution in [0.4, 0.5) is 10.7 Å². The lowest BCUT2D eigenvalue weighted by Crippen LogP contribution is -2.50. The molecule has 3 rings (SSSR count). The molecule has 8 heteroatoms. The number of amides is 3. The van der Waals surface area contributed by atoms with Crippen LogP contribution in [0, 0.1) is 0 Å². The largest absolute Gasteiger partial charge is 0.339 e. The Hall–Kier alpha value is -3.16. The van der Waals surface area contributed by atoms with Crippen LogP contribution < -0.4 is 15.5 Å². The van der Waals surface area contributed by atoms with Gasteiger partial charge < -0.3 is 20.4 Å². The molecule has 1 saturated heterocycles. The van der Waals surface area contributed by atoms with E-state index in [0.29, 0.717) is 45.1 Å². The normalized spacial score (nSPS) is 14.8. The molecular formula is C22H30N6O2. The van der Waals surface area contributed by atoms with E-state index in [-0.39, 0.29) is 18.0 Å². The van der Waals surface area contributed by atoms with Crippen LogP contribution in [-0.2, 0) is 11.2 Å². The van der Waals surface area contributed by atoms with Crippen LogP contribution in [0.15, 0.2) is 48.8 Å². The highest BCUT2D eigenvalue weighted by Gasteiger charge is 2.22. The van der Waals surface area contributed by atoms with Gasteiger partial charge in [0.15, 0.2) is 0 Å². The van der Waals surface area contributed by atoms with Gasteiger partial charge in [-0.3, -0.25) is 4.79 Å². The van der Waals surface area contributed by atoms with Crippen LogP contribution in [-0.4, -0.2) is 65.6 Å². The van der Waals surface area contributed by atoms with Crippen molar-refractivity contribution in [2.24, 2.45) is 0 Å². The summed E-state index contributed by atoms with van der Waals surface area (Å²) in [5, 5.41) is 5.72. The number of anilines is 1. The zero-order valence-electron chi connectivity index (χ0n) is 17.5. The summed E-state index contributed by atoms with van der Waals surface area (Å²) in [7, 11) is 0. The molecule has 0 aliphatic carbocycles. The fourth-order valence-electron chi connectivity index (χ4n) is 3.43. The summed E-state index contributed by atoms with van der Waals surface area (Å²) in [5.74, 6) is 0.755. The average Bonchev–Trinajstić information content (AvgIpc) is 2.79. The highest BCUT2D eigenvalue weighted by molar-refractivity contribution is 5.78. The summed E-state index contributed by atoms with van der Waals surface area (Å²) < 4.78 is 0. The fourth-order valence-corrected chi connectivity index (χ4v) is 3.43. The van der Waals surface area contributed by atoms with Crippen LogP contribution in [0.25, 0.3) is 0 Å². The van der Waals surface area contributed by atoms with Crippen molar-refractivity contribution in [1.29, 1.82) is 0 Å². The van der Waals surface area contributed by atoms with Crippen LogP contribution in [0.5, 0.6) is 0 Å². The van der Waals surface area contributed by atoms with Crippen molar-refractivity contribution in [2.75, 3.05) is 37.6 Å². The van der Waals surface area contributed by atoms with Crippen LogP contribution in [0.2, 0.25) is 0 Å². The molecule has 0 radical (unpaired) electrons. The molecule has 1 aromatic carbocycles. The van der Waals surface area contributed by atoms with Gasteiger partial charge in [0.2, 0.25) is 11.9 Å². The van der Waals surface area contributed by atoms with Gasteiger partial charge in [0.25, 0.3) is 0 Å². The molecule has 8 nitrogen and oxygen atoms in total. The van der Waals surface area contributed by atoms with Gasteiger partial charge in [0.05, 0.1) is 0 Å². The number of hydrogen-bond acceptors (Lipinski definition) is 5. The maximum absolute atomic E-state index is 12.4. The standard InChI is InChI=1S/C22H30N6O2/c1-18(8-9-19-6-3-2-4-7-19)26-22(30)25-13-10-20(29)27-14-16-28(17-15-27)21-23-11-5-12-24-21/h2-7,11-12,18H,8-10,13-17H2,1H3,(H2,25,26,30). The van der Waals surface area contributed by atoms with Gasteiger partial charge in [0.1, 0.15) is 0 Å². The van der Waals surface area contributed by atoms with E-state index in [0.717, 1.165) is 12.8 Å². The minimum absolute atomic E-state index is 0.0565. The first-order valence-electron chi connectivity index (χ1n) is 10.5. The number of benzene rings is 1. The third kappa shape index (κ3) is 6.72. The molecule has 2 N–H and O–H groups in total. The van der Waals surface area contributed by atoms with Gasteiger partial charge in [-0.1, -0.05) is 30.3 Å². The first kappa shape index (κ1) is 21.5. The summed E-state index contributed by atoms with van der Waals surface area (Å²) >= 11 is 0. The van der Waals surface area contributed by atoms with E-state index in [1.165, 1.54) is 5.56 Å². The number of nitrogens with zero attached hydrogens (tertiary/aromatic N) is 4. The molecule has 2 aromatic rings. The second kappa shape index (κ2) is 11.1. The molecule has 1 unspecified atom stereocenters. The molecule has 160 valence electrons. The summed E-state index contributed by atoms with van der Waals surface area (Å²) in [5.41, 5.74) is 1.26. The minimum atomic E-state index is -0.227. The molecule has 1 aliphatic heterocycles. The lowest BCUT2D eigenvalue weighted by atomic mass is 10.1. The molecule has 3 amide bonds. The molecule has 0 saturated carbocycles. The summed E-state index contributed by atoms with van der Waals surface area (Å²) in [4.78, 5) is 36.9. The maximum Gasteiger partial charge on any atom is 0.315 e. The molecule has 1 fully saturated rings. The van der Waals surface area contributed by atoms with Crippen molar-refractivity contribution >= 4 is 17.9 Å². The smallest absolute Gasteiger partial charge is 0.315 e. The number of hydrogen-bond donors (Lipinski definition) is 2. The van der Waals surface area contributed by atoms with E-state index in [2.05, 4.69) is 37.6 Å². The zero-order valence-corrected chi connectivity index (χ0v) is 17.5. The number of aryl methyl sites for hydroxylation is 1. The number of carbonyl (C=O) groups is 2. The Labute approximate surface area is 177 Å². The van der Waals surface area contributed by atoms with E-state index in [1.807, 2.05) is 30.0 Å². The summed E-state index contributed by atoms with van der Waals surface area (Å²) in [6, 6.07) is 11.8. The highest BCUT2D eigenvalue weighted by atomic mass is 16.2. The zero-order chi connectivity index (χ0) is 21.2. The van der Waals surface area contributed by atoms with E-state index in [4.69, 9.17) is 0 Å². The van der Waals surface area contributed by atoms with Gasteiger partial charge in [-0.25, -0.2) is 14.8 Å². The molecule has 0 bridgehead atoms. The lowest BCUT2D eigenvalue weighted by Gasteiger charge is -2.34. The molecule has 1 atom stereocenters. The van der Waals surface area contributed by atoms with E-state index in [1.54, 1.807) is 18.5 Å². The first-order chi connectivity index (χ1) is 14.6. The first-order valence-corrected chi connectivity index (χ1v) is 10.5. The molecule has 2 heterocycles. The topological polar surface area (TPSA) is 90.5 Å². The molecule has 1 aromatic heterocycles. The molecule has 1 aliphatic rings. The third-order valence-corrected chi connectivity index (χ3v) is 5.18. The summed E-state index contributed by atoms with van der Waals surface area (Å²) in [6.45, 7) is 5.02. The van der Waals surface area contributed by atoms with Crippen molar-refractivity contribution in [3.8, 4) is 0 Å². The Morgan fingerprint density at radius 2 is 1.73 bits per heavy atom. The maximum atomic E-state index is 12.4. The van der Waals surface area contributed by atoms with Crippen molar-refractivity contribution in [3.63, 3.8) is 0 Å². The number of rotatable bonds is 8. The van der Waals surface area contributed by atoms with Gasteiger partial charge >= 0.3 is 6.03 Å². The second-order valence-corrected chi connectivity index (χ2v) is 7.49. The van der Waals surface area contributed by atoms with Gasteiger partial charge in [-0.15, -0.1) is 0 Å².